The number of esters is 1. The smallest absolute Gasteiger partial charge is 0.306 e. The number of benzene rings is 1. The second-order valence-corrected chi connectivity index (χ2v) is 6.08. The summed E-state index contributed by atoms with van der Waals surface area (Å²) in [4.78, 5) is 12.5. The number of ether oxygens (including phenoxy) is 1. The minimum Gasteiger partial charge on any atom is -0.462 e. The summed E-state index contributed by atoms with van der Waals surface area (Å²) >= 11 is 1.74. The highest BCUT2D eigenvalue weighted by Gasteiger charge is 2.49. The van der Waals surface area contributed by atoms with E-state index < -0.39 is 0 Å². The Balaban J connectivity index is 1.63. The Hall–Kier alpha value is -1.00. The predicted octanol–water partition coefficient (Wildman–Crippen LogP) is 2.09. The quantitative estimate of drug-likeness (QED) is 0.671. The molecule has 0 spiro atoms. The molecule has 1 unspecified atom stereocenters. The molecule has 4 heteroatoms. The number of hydrogen-bond donors (Lipinski definition) is 1. The highest BCUT2D eigenvalue weighted by Crippen LogP contribution is 2.43. The summed E-state index contributed by atoms with van der Waals surface area (Å²) in [5.41, 5.74) is 0. The van der Waals surface area contributed by atoms with Crippen LogP contribution in [0.2, 0.25) is 0 Å². The van der Waals surface area contributed by atoms with Gasteiger partial charge in [0.2, 0.25) is 0 Å². The van der Waals surface area contributed by atoms with Crippen LogP contribution in [-0.2, 0) is 9.53 Å². The zero-order valence-corrected chi connectivity index (χ0v) is 10.8. The minimum absolute atomic E-state index is 0.0473. The van der Waals surface area contributed by atoms with Gasteiger partial charge in [-0.15, -0.1) is 11.8 Å². The summed E-state index contributed by atoms with van der Waals surface area (Å²) in [5, 5.41) is 10.1. The first-order chi connectivity index (χ1) is 8.74. The molecule has 1 aliphatic heterocycles. The molecule has 0 amide bonds. The molecule has 2 fully saturated rings. The molecule has 3 nitrogen and oxygen atoms in total. The summed E-state index contributed by atoms with van der Waals surface area (Å²) in [5.74, 6) is 1.13. The van der Waals surface area contributed by atoms with Gasteiger partial charge >= 0.3 is 5.97 Å². The van der Waals surface area contributed by atoms with E-state index in [1.54, 1.807) is 11.8 Å². The number of fused-ring (bicyclic) bond motifs is 1. The summed E-state index contributed by atoms with van der Waals surface area (Å²) < 4.78 is 5.23. The molecule has 2 aliphatic rings. The second-order valence-electron chi connectivity index (χ2n) is 4.99. The molecule has 1 heterocycles. The second kappa shape index (κ2) is 4.94. The average Bonchev–Trinajstić information content (AvgIpc) is 2.84. The normalized spacial score (nSPS) is 34.4. The third kappa shape index (κ3) is 2.27. The van der Waals surface area contributed by atoms with Crippen LogP contribution in [0.5, 0.6) is 0 Å². The molecular formula is C14H16O3S. The van der Waals surface area contributed by atoms with Gasteiger partial charge in [-0.1, -0.05) is 18.2 Å². The number of thioether (sulfide) groups is 1. The zero-order chi connectivity index (χ0) is 12.5. The van der Waals surface area contributed by atoms with E-state index in [1.165, 1.54) is 4.90 Å². The number of aliphatic hydroxyl groups is 1. The van der Waals surface area contributed by atoms with Crippen LogP contribution in [0.25, 0.3) is 0 Å². The van der Waals surface area contributed by atoms with Crippen molar-refractivity contribution in [2.24, 2.45) is 11.8 Å². The first-order valence-electron chi connectivity index (χ1n) is 6.29. The van der Waals surface area contributed by atoms with Crippen molar-refractivity contribution in [2.45, 2.75) is 29.9 Å². The predicted molar refractivity (Wildman–Crippen MR) is 69.3 cm³/mol. The SMILES string of the molecule is O=C1CC2[C@H](C[C@@H](O)[C@@H]2CSc2ccccc2)O1. The van der Waals surface area contributed by atoms with Crippen LogP contribution in [0.1, 0.15) is 12.8 Å². The molecule has 18 heavy (non-hydrogen) atoms. The molecule has 0 radical (unpaired) electrons. The van der Waals surface area contributed by atoms with E-state index in [2.05, 4.69) is 12.1 Å². The number of rotatable bonds is 3. The Bertz CT molecular complexity index is 434. The van der Waals surface area contributed by atoms with Gasteiger partial charge in [-0.25, -0.2) is 0 Å². The summed E-state index contributed by atoms with van der Waals surface area (Å²) in [6.07, 6.45) is 0.705. The molecule has 0 bridgehead atoms. The molecular weight excluding hydrogens is 248 g/mol. The van der Waals surface area contributed by atoms with E-state index >= 15 is 0 Å². The number of carbonyl (C=O) groups excluding carboxylic acids is 1. The summed E-state index contributed by atoms with van der Waals surface area (Å²) in [6.45, 7) is 0. The molecule has 1 aromatic carbocycles. The van der Waals surface area contributed by atoms with E-state index in [1.807, 2.05) is 18.2 Å². The minimum atomic E-state index is -0.329. The number of hydrogen-bond acceptors (Lipinski definition) is 4. The van der Waals surface area contributed by atoms with E-state index in [0.717, 1.165) is 5.75 Å². The van der Waals surface area contributed by atoms with Crippen molar-refractivity contribution in [2.75, 3.05) is 5.75 Å². The maximum absolute atomic E-state index is 11.3. The lowest BCUT2D eigenvalue weighted by molar-refractivity contribution is -0.141. The Kier molecular flexibility index (Phi) is 3.31. The van der Waals surface area contributed by atoms with Crippen molar-refractivity contribution >= 4 is 17.7 Å². The number of aliphatic hydroxyl groups excluding tert-OH is 1. The maximum atomic E-state index is 11.3. The van der Waals surface area contributed by atoms with Gasteiger partial charge in [-0.3, -0.25) is 4.79 Å². The first kappa shape index (κ1) is 12.1. The van der Waals surface area contributed by atoms with Gasteiger partial charge in [0.1, 0.15) is 6.10 Å². The van der Waals surface area contributed by atoms with Gasteiger partial charge in [-0.2, -0.15) is 0 Å². The third-order valence-corrected chi connectivity index (χ3v) is 5.02. The van der Waals surface area contributed by atoms with Gasteiger partial charge in [-0.05, 0) is 12.1 Å². The van der Waals surface area contributed by atoms with Crippen molar-refractivity contribution < 1.29 is 14.6 Å². The molecule has 1 aliphatic carbocycles. The van der Waals surface area contributed by atoms with Crippen LogP contribution in [0, 0.1) is 11.8 Å². The van der Waals surface area contributed by atoms with E-state index in [9.17, 15) is 9.90 Å². The summed E-state index contributed by atoms with van der Waals surface area (Å²) in [6, 6.07) is 10.2. The molecule has 3 rings (SSSR count). The third-order valence-electron chi connectivity index (χ3n) is 3.87. The van der Waals surface area contributed by atoms with Gasteiger partial charge in [0.15, 0.2) is 0 Å². The van der Waals surface area contributed by atoms with E-state index in [0.29, 0.717) is 12.8 Å². The molecule has 0 aromatic heterocycles. The fourth-order valence-electron chi connectivity index (χ4n) is 2.92. The van der Waals surface area contributed by atoms with Crippen LogP contribution in [0.3, 0.4) is 0 Å². The lowest BCUT2D eigenvalue weighted by Crippen LogP contribution is -2.22. The van der Waals surface area contributed by atoms with Crippen LogP contribution >= 0.6 is 11.8 Å². The molecule has 1 saturated heterocycles. The molecule has 1 N–H and O–H groups in total. The highest BCUT2D eigenvalue weighted by molar-refractivity contribution is 7.99. The Morgan fingerprint density at radius 3 is 2.89 bits per heavy atom. The molecule has 4 atom stereocenters. The molecule has 1 aromatic rings. The lowest BCUT2D eigenvalue weighted by Gasteiger charge is -2.18. The molecule has 1 saturated carbocycles. The Morgan fingerprint density at radius 1 is 1.33 bits per heavy atom. The van der Waals surface area contributed by atoms with Gasteiger partial charge in [0.05, 0.1) is 12.5 Å². The largest absolute Gasteiger partial charge is 0.462 e. The Labute approximate surface area is 111 Å². The molecule has 96 valence electrons. The fourth-order valence-corrected chi connectivity index (χ4v) is 4.12. The zero-order valence-electron chi connectivity index (χ0n) is 9.99. The highest BCUT2D eigenvalue weighted by atomic mass is 32.2. The van der Waals surface area contributed by atoms with E-state index in [4.69, 9.17) is 4.74 Å². The van der Waals surface area contributed by atoms with Crippen molar-refractivity contribution in [3.05, 3.63) is 30.3 Å². The van der Waals surface area contributed by atoms with Crippen molar-refractivity contribution in [3.8, 4) is 0 Å². The summed E-state index contributed by atoms with van der Waals surface area (Å²) in [7, 11) is 0. The van der Waals surface area contributed by atoms with Crippen LogP contribution in [0.4, 0.5) is 0 Å². The van der Waals surface area contributed by atoms with Crippen molar-refractivity contribution in [3.63, 3.8) is 0 Å². The first-order valence-corrected chi connectivity index (χ1v) is 7.28. The van der Waals surface area contributed by atoms with Gasteiger partial charge in [0, 0.05) is 28.9 Å². The number of carbonyl (C=O) groups is 1. The topological polar surface area (TPSA) is 46.5 Å². The van der Waals surface area contributed by atoms with Crippen LogP contribution in [0.15, 0.2) is 35.2 Å². The van der Waals surface area contributed by atoms with Crippen LogP contribution < -0.4 is 0 Å². The van der Waals surface area contributed by atoms with E-state index in [-0.39, 0.29) is 30.0 Å². The van der Waals surface area contributed by atoms with Gasteiger partial charge < -0.3 is 9.84 Å². The van der Waals surface area contributed by atoms with Gasteiger partial charge in [0.25, 0.3) is 0 Å². The Morgan fingerprint density at radius 2 is 2.11 bits per heavy atom. The lowest BCUT2D eigenvalue weighted by atomic mass is 9.94. The average molecular weight is 264 g/mol. The fraction of sp³-hybridized carbons (Fsp3) is 0.500. The van der Waals surface area contributed by atoms with Crippen molar-refractivity contribution in [1.82, 2.24) is 0 Å². The standard InChI is InChI=1S/C14H16O3S/c15-12-7-13-10(6-14(16)17-13)11(12)8-18-9-4-2-1-3-5-9/h1-5,10-13,15H,6-8H2/t10?,11-,12-,13+/m1/s1. The maximum Gasteiger partial charge on any atom is 0.306 e. The van der Waals surface area contributed by atoms with Crippen molar-refractivity contribution in [1.29, 1.82) is 0 Å². The monoisotopic (exact) mass is 264 g/mol. The van der Waals surface area contributed by atoms with Crippen LogP contribution in [-0.4, -0.2) is 29.0 Å².